The Bertz CT molecular complexity index is 585. The lowest BCUT2D eigenvalue weighted by molar-refractivity contribution is 0.0601. The summed E-state index contributed by atoms with van der Waals surface area (Å²) >= 11 is 0. The van der Waals surface area contributed by atoms with Gasteiger partial charge in [0, 0.05) is 0 Å². The standard InChI is InChI=1S/C13H15N3O2/c1-8-12(14)9(2)16(15-8)11-6-4-10(5-7-11)13(17)18-3/h4-7H,14H2,1-3H3. The number of aromatic nitrogens is 2. The van der Waals surface area contributed by atoms with Crippen LogP contribution in [0, 0.1) is 13.8 Å². The Hall–Kier alpha value is -2.30. The minimum atomic E-state index is -0.352. The third-order valence-electron chi connectivity index (χ3n) is 2.88. The van der Waals surface area contributed by atoms with E-state index in [4.69, 9.17) is 5.73 Å². The molecule has 2 rings (SSSR count). The maximum atomic E-state index is 11.3. The third-order valence-corrected chi connectivity index (χ3v) is 2.88. The number of hydrogen-bond acceptors (Lipinski definition) is 4. The highest BCUT2D eigenvalue weighted by molar-refractivity contribution is 5.89. The van der Waals surface area contributed by atoms with Crippen LogP contribution in [0.2, 0.25) is 0 Å². The van der Waals surface area contributed by atoms with E-state index < -0.39 is 0 Å². The van der Waals surface area contributed by atoms with Crippen molar-refractivity contribution in [2.24, 2.45) is 0 Å². The highest BCUT2D eigenvalue weighted by atomic mass is 16.5. The average molecular weight is 245 g/mol. The number of hydrogen-bond donors (Lipinski definition) is 1. The van der Waals surface area contributed by atoms with E-state index >= 15 is 0 Å². The summed E-state index contributed by atoms with van der Waals surface area (Å²) in [7, 11) is 1.36. The van der Waals surface area contributed by atoms with Crippen molar-refractivity contribution in [3.8, 4) is 5.69 Å². The van der Waals surface area contributed by atoms with Gasteiger partial charge in [-0.2, -0.15) is 5.10 Å². The number of rotatable bonds is 2. The van der Waals surface area contributed by atoms with Crippen molar-refractivity contribution < 1.29 is 9.53 Å². The van der Waals surface area contributed by atoms with Crippen molar-refractivity contribution in [2.75, 3.05) is 12.8 Å². The summed E-state index contributed by atoms with van der Waals surface area (Å²) in [6, 6.07) is 7.03. The largest absolute Gasteiger partial charge is 0.465 e. The molecule has 0 aliphatic rings. The number of esters is 1. The number of methoxy groups -OCH3 is 1. The zero-order chi connectivity index (χ0) is 13.3. The summed E-state index contributed by atoms with van der Waals surface area (Å²) in [6.45, 7) is 3.77. The fraction of sp³-hybridized carbons (Fsp3) is 0.231. The summed E-state index contributed by atoms with van der Waals surface area (Å²) < 4.78 is 6.40. The summed E-state index contributed by atoms with van der Waals surface area (Å²) in [4.78, 5) is 11.3. The summed E-state index contributed by atoms with van der Waals surface area (Å²) in [6.07, 6.45) is 0. The molecule has 0 saturated carbocycles. The van der Waals surface area contributed by atoms with E-state index in [1.54, 1.807) is 16.8 Å². The van der Waals surface area contributed by atoms with Crippen molar-refractivity contribution in [3.63, 3.8) is 0 Å². The molecule has 0 saturated heterocycles. The van der Waals surface area contributed by atoms with Gasteiger partial charge in [-0.3, -0.25) is 0 Å². The Kier molecular flexibility index (Phi) is 3.06. The molecule has 0 radical (unpaired) electrons. The third kappa shape index (κ3) is 1.95. The Balaban J connectivity index is 2.40. The van der Waals surface area contributed by atoms with Gasteiger partial charge in [0.1, 0.15) is 0 Å². The van der Waals surface area contributed by atoms with Crippen LogP contribution in [0.25, 0.3) is 5.69 Å². The molecule has 2 N–H and O–H groups in total. The van der Waals surface area contributed by atoms with Gasteiger partial charge in [0.25, 0.3) is 0 Å². The smallest absolute Gasteiger partial charge is 0.337 e. The maximum Gasteiger partial charge on any atom is 0.337 e. The molecule has 18 heavy (non-hydrogen) atoms. The summed E-state index contributed by atoms with van der Waals surface area (Å²) in [5.41, 5.74) is 9.62. The minimum absolute atomic E-state index is 0.352. The molecule has 94 valence electrons. The predicted molar refractivity (Wildman–Crippen MR) is 68.8 cm³/mol. The van der Waals surface area contributed by atoms with Crippen LogP contribution in [0.4, 0.5) is 5.69 Å². The number of carbonyl (C=O) groups excluding carboxylic acids is 1. The highest BCUT2D eigenvalue weighted by Gasteiger charge is 2.10. The highest BCUT2D eigenvalue weighted by Crippen LogP contribution is 2.19. The molecule has 0 aliphatic heterocycles. The fourth-order valence-corrected chi connectivity index (χ4v) is 1.76. The van der Waals surface area contributed by atoms with Gasteiger partial charge in [-0.1, -0.05) is 0 Å². The summed E-state index contributed by atoms with van der Waals surface area (Å²) in [5.74, 6) is -0.352. The van der Waals surface area contributed by atoms with Crippen LogP contribution in [-0.4, -0.2) is 22.9 Å². The molecule has 1 heterocycles. The first-order valence-electron chi connectivity index (χ1n) is 5.55. The monoisotopic (exact) mass is 245 g/mol. The molecule has 5 nitrogen and oxygen atoms in total. The Morgan fingerprint density at radius 1 is 1.28 bits per heavy atom. The maximum absolute atomic E-state index is 11.3. The second-order valence-electron chi connectivity index (χ2n) is 4.03. The lowest BCUT2D eigenvalue weighted by Gasteiger charge is -2.05. The normalized spacial score (nSPS) is 10.4. The Morgan fingerprint density at radius 2 is 1.89 bits per heavy atom. The van der Waals surface area contributed by atoms with E-state index in [0.717, 1.165) is 17.1 Å². The Labute approximate surface area is 105 Å². The number of aryl methyl sites for hydroxylation is 1. The number of carbonyl (C=O) groups is 1. The molecule has 2 aromatic rings. The SMILES string of the molecule is COC(=O)c1ccc(-n2nc(C)c(N)c2C)cc1. The van der Waals surface area contributed by atoms with Gasteiger partial charge in [0.2, 0.25) is 0 Å². The lowest BCUT2D eigenvalue weighted by atomic mass is 10.2. The predicted octanol–water partition coefficient (Wildman–Crippen LogP) is 1.86. The van der Waals surface area contributed by atoms with Gasteiger partial charge >= 0.3 is 5.97 Å². The average Bonchev–Trinajstić information content (AvgIpc) is 2.66. The first-order valence-corrected chi connectivity index (χ1v) is 5.55. The van der Waals surface area contributed by atoms with Crippen molar-refractivity contribution in [3.05, 3.63) is 41.2 Å². The number of benzene rings is 1. The molecule has 1 aromatic carbocycles. The molecule has 0 bridgehead atoms. The van der Waals surface area contributed by atoms with Gasteiger partial charge in [-0.05, 0) is 38.1 Å². The zero-order valence-electron chi connectivity index (χ0n) is 10.6. The minimum Gasteiger partial charge on any atom is -0.465 e. The van der Waals surface area contributed by atoms with Crippen molar-refractivity contribution in [1.82, 2.24) is 9.78 Å². The van der Waals surface area contributed by atoms with Gasteiger partial charge in [-0.25, -0.2) is 9.48 Å². The molecule has 5 heteroatoms. The van der Waals surface area contributed by atoms with E-state index in [1.165, 1.54) is 7.11 Å². The zero-order valence-corrected chi connectivity index (χ0v) is 10.6. The molecule has 0 amide bonds. The van der Waals surface area contributed by atoms with Crippen LogP contribution in [0.5, 0.6) is 0 Å². The van der Waals surface area contributed by atoms with E-state index in [2.05, 4.69) is 9.84 Å². The number of anilines is 1. The second kappa shape index (κ2) is 4.52. The van der Waals surface area contributed by atoms with E-state index in [0.29, 0.717) is 11.3 Å². The molecular formula is C13H15N3O2. The number of nitrogen functional groups attached to an aromatic ring is 1. The fourth-order valence-electron chi connectivity index (χ4n) is 1.76. The van der Waals surface area contributed by atoms with Gasteiger partial charge < -0.3 is 10.5 Å². The van der Waals surface area contributed by atoms with Crippen molar-refractivity contribution in [1.29, 1.82) is 0 Å². The van der Waals surface area contributed by atoms with E-state index in [1.807, 2.05) is 26.0 Å². The molecule has 0 fully saturated rings. The Morgan fingerprint density at radius 3 is 2.33 bits per heavy atom. The van der Waals surface area contributed by atoms with Crippen LogP contribution in [0.3, 0.4) is 0 Å². The van der Waals surface area contributed by atoms with Crippen LogP contribution < -0.4 is 5.73 Å². The van der Waals surface area contributed by atoms with Gasteiger partial charge in [0.05, 0.1) is 35.4 Å². The molecular weight excluding hydrogens is 230 g/mol. The first-order chi connectivity index (χ1) is 8.54. The van der Waals surface area contributed by atoms with Crippen LogP contribution in [0.15, 0.2) is 24.3 Å². The quantitative estimate of drug-likeness (QED) is 0.820. The molecule has 0 aliphatic carbocycles. The molecule has 0 atom stereocenters. The molecule has 0 unspecified atom stereocenters. The topological polar surface area (TPSA) is 70.1 Å². The van der Waals surface area contributed by atoms with E-state index in [9.17, 15) is 4.79 Å². The van der Waals surface area contributed by atoms with Gasteiger partial charge in [-0.15, -0.1) is 0 Å². The first kappa shape index (κ1) is 12.2. The number of nitrogens with zero attached hydrogens (tertiary/aromatic N) is 2. The van der Waals surface area contributed by atoms with E-state index in [-0.39, 0.29) is 5.97 Å². The summed E-state index contributed by atoms with van der Waals surface area (Å²) in [5, 5.41) is 4.35. The van der Waals surface area contributed by atoms with Crippen LogP contribution >= 0.6 is 0 Å². The lowest BCUT2D eigenvalue weighted by Crippen LogP contribution is -2.03. The van der Waals surface area contributed by atoms with Crippen LogP contribution in [0.1, 0.15) is 21.7 Å². The van der Waals surface area contributed by atoms with Crippen LogP contribution in [-0.2, 0) is 4.74 Å². The van der Waals surface area contributed by atoms with Crippen molar-refractivity contribution >= 4 is 11.7 Å². The van der Waals surface area contributed by atoms with Gasteiger partial charge in [0.15, 0.2) is 0 Å². The van der Waals surface area contributed by atoms with Crippen molar-refractivity contribution in [2.45, 2.75) is 13.8 Å². The number of ether oxygens (including phenoxy) is 1. The second-order valence-corrected chi connectivity index (χ2v) is 4.03. The number of nitrogens with two attached hydrogens (primary N) is 1. The molecule has 1 aromatic heterocycles. The molecule has 0 spiro atoms.